The zero-order valence-corrected chi connectivity index (χ0v) is 12.9. The van der Waals surface area contributed by atoms with E-state index < -0.39 is 11.6 Å². The van der Waals surface area contributed by atoms with Crippen LogP contribution in [-0.2, 0) is 0 Å². The molecule has 0 unspecified atom stereocenters. The lowest BCUT2D eigenvalue weighted by molar-refractivity contribution is 0.103. The first-order chi connectivity index (χ1) is 8.00. The van der Waals surface area contributed by atoms with Gasteiger partial charge in [-0.3, -0.25) is 4.79 Å². The zero-order chi connectivity index (χ0) is 12.6. The SMILES string of the molecule is O=C(c1cc(Br)sc1Br)c1c(F)cccc1Cl. The summed E-state index contributed by atoms with van der Waals surface area (Å²) in [5, 5.41) is 0.115. The fourth-order valence-corrected chi connectivity index (χ4v) is 4.39. The number of benzene rings is 1. The van der Waals surface area contributed by atoms with Gasteiger partial charge in [0.2, 0.25) is 0 Å². The largest absolute Gasteiger partial charge is 0.288 e. The van der Waals surface area contributed by atoms with Crippen LogP contribution in [-0.4, -0.2) is 5.78 Å². The Kier molecular flexibility index (Phi) is 4.02. The van der Waals surface area contributed by atoms with Crippen molar-refractivity contribution < 1.29 is 9.18 Å². The van der Waals surface area contributed by atoms with Gasteiger partial charge in [-0.05, 0) is 50.1 Å². The summed E-state index contributed by atoms with van der Waals surface area (Å²) < 4.78 is 15.0. The number of thiophene rings is 1. The van der Waals surface area contributed by atoms with E-state index in [0.717, 1.165) is 3.79 Å². The molecule has 0 fully saturated rings. The van der Waals surface area contributed by atoms with E-state index in [9.17, 15) is 9.18 Å². The van der Waals surface area contributed by atoms with Crippen molar-refractivity contribution in [3.8, 4) is 0 Å². The Morgan fingerprint density at radius 3 is 2.59 bits per heavy atom. The number of halogens is 4. The molecule has 0 amide bonds. The summed E-state index contributed by atoms with van der Waals surface area (Å²) in [7, 11) is 0. The van der Waals surface area contributed by atoms with Crippen LogP contribution in [0.1, 0.15) is 15.9 Å². The standard InChI is InChI=1S/C11H4Br2ClFOS/c12-8-4-5(11(13)17-8)10(16)9-6(14)2-1-3-7(9)15/h1-4H. The van der Waals surface area contributed by atoms with Crippen LogP contribution in [0.5, 0.6) is 0 Å². The highest BCUT2D eigenvalue weighted by atomic mass is 79.9. The highest BCUT2D eigenvalue weighted by Crippen LogP contribution is 2.34. The van der Waals surface area contributed by atoms with E-state index in [0.29, 0.717) is 9.35 Å². The second-order valence-corrected chi connectivity index (χ2v) is 7.32. The summed E-state index contributed by atoms with van der Waals surface area (Å²) in [6, 6.07) is 5.81. The van der Waals surface area contributed by atoms with Crippen molar-refractivity contribution in [2.45, 2.75) is 0 Å². The monoisotopic (exact) mass is 396 g/mol. The minimum atomic E-state index is -0.614. The molecule has 0 saturated heterocycles. The van der Waals surface area contributed by atoms with E-state index >= 15 is 0 Å². The molecular weight excluding hydrogens is 394 g/mol. The van der Waals surface area contributed by atoms with Crippen LogP contribution in [0.25, 0.3) is 0 Å². The van der Waals surface area contributed by atoms with E-state index in [-0.39, 0.29) is 10.6 Å². The lowest BCUT2D eigenvalue weighted by Gasteiger charge is -2.03. The highest BCUT2D eigenvalue weighted by molar-refractivity contribution is 9.12. The molecule has 0 bridgehead atoms. The maximum atomic E-state index is 13.6. The van der Waals surface area contributed by atoms with Gasteiger partial charge in [0, 0.05) is 5.56 Å². The van der Waals surface area contributed by atoms with Crippen molar-refractivity contribution in [1.29, 1.82) is 0 Å². The molecule has 0 radical (unpaired) electrons. The van der Waals surface area contributed by atoms with Crippen molar-refractivity contribution in [1.82, 2.24) is 0 Å². The molecule has 17 heavy (non-hydrogen) atoms. The third kappa shape index (κ3) is 2.62. The van der Waals surface area contributed by atoms with Crippen LogP contribution in [0.4, 0.5) is 4.39 Å². The quantitative estimate of drug-likeness (QED) is 0.628. The zero-order valence-electron chi connectivity index (χ0n) is 8.14. The molecule has 1 aromatic heterocycles. The van der Waals surface area contributed by atoms with Crippen LogP contribution in [0.2, 0.25) is 5.02 Å². The molecular formula is C11H4Br2ClFOS. The van der Waals surface area contributed by atoms with Gasteiger partial charge in [0.25, 0.3) is 0 Å². The predicted molar refractivity (Wildman–Crippen MR) is 74.6 cm³/mol. The van der Waals surface area contributed by atoms with Gasteiger partial charge in [0.15, 0.2) is 5.78 Å². The van der Waals surface area contributed by atoms with Crippen molar-refractivity contribution in [2.24, 2.45) is 0 Å². The van der Waals surface area contributed by atoms with Gasteiger partial charge < -0.3 is 0 Å². The Labute approximate surface area is 123 Å². The summed E-state index contributed by atoms with van der Waals surface area (Å²) in [5.74, 6) is -1.04. The van der Waals surface area contributed by atoms with E-state index in [2.05, 4.69) is 31.9 Å². The molecule has 6 heteroatoms. The van der Waals surface area contributed by atoms with Gasteiger partial charge in [0.05, 0.1) is 18.2 Å². The summed E-state index contributed by atoms with van der Waals surface area (Å²) >= 11 is 13.7. The van der Waals surface area contributed by atoms with Crippen LogP contribution >= 0.6 is 54.8 Å². The third-order valence-electron chi connectivity index (χ3n) is 2.09. The molecule has 0 aliphatic carbocycles. The first-order valence-corrected chi connectivity index (χ1v) is 7.22. The topological polar surface area (TPSA) is 17.1 Å². The molecule has 1 heterocycles. The van der Waals surface area contributed by atoms with Gasteiger partial charge >= 0.3 is 0 Å². The number of carbonyl (C=O) groups is 1. The molecule has 1 aromatic carbocycles. The molecule has 1 nitrogen and oxygen atoms in total. The summed E-state index contributed by atoms with van der Waals surface area (Å²) in [6.07, 6.45) is 0. The summed E-state index contributed by atoms with van der Waals surface area (Å²) in [6.45, 7) is 0. The average molecular weight is 398 g/mol. The highest BCUT2D eigenvalue weighted by Gasteiger charge is 2.21. The molecule has 2 aromatic rings. The van der Waals surface area contributed by atoms with Crippen LogP contribution in [0.3, 0.4) is 0 Å². The second kappa shape index (κ2) is 5.18. The predicted octanol–water partition coefficient (Wildman–Crippen LogP) is 5.30. The minimum absolute atomic E-state index is 0.0971. The molecule has 0 aliphatic rings. The van der Waals surface area contributed by atoms with Gasteiger partial charge in [-0.1, -0.05) is 17.7 Å². The molecule has 88 valence electrons. The number of ketones is 1. The van der Waals surface area contributed by atoms with Gasteiger partial charge in [-0.15, -0.1) is 11.3 Å². The number of carbonyl (C=O) groups excluding carboxylic acids is 1. The van der Waals surface area contributed by atoms with Gasteiger partial charge in [-0.25, -0.2) is 4.39 Å². The van der Waals surface area contributed by atoms with Crippen molar-refractivity contribution in [3.05, 3.63) is 53.8 Å². The Balaban J connectivity index is 2.55. The van der Waals surface area contributed by atoms with Crippen LogP contribution in [0, 0.1) is 5.82 Å². The minimum Gasteiger partial charge on any atom is -0.288 e. The van der Waals surface area contributed by atoms with E-state index in [4.69, 9.17) is 11.6 Å². The molecule has 2 rings (SSSR count). The fraction of sp³-hybridized carbons (Fsp3) is 0. The Bertz CT molecular complexity index is 577. The molecule has 0 spiro atoms. The van der Waals surface area contributed by atoms with E-state index in [1.807, 2.05) is 0 Å². The Hall–Kier alpha value is -0.230. The summed E-state index contributed by atoms with van der Waals surface area (Å²) in [5.41, 5.74) is 0.300. The van der Waals surface area contributed by atoms with Gasteiger partial charge in [0.1, 0.15) is 5.82 Å². The maximum absolute atomic E-state index is 13.6. The smallest absolute Gasteiger partial charge is 0.199 e. The molecule has 0 aliphatic heterocycles. The lowest BCUT2D eigenvalue weighted by Crippen LogP contribution is -2.04. The number of hydrogen-bond donors (Lipinski definition) is 0. The number of hydrogen-bond acceptors (Lipinski definition) is 2. The van der Waals surface area contributed by atoms with E-state index in [1.165, 1.54) is 29.5 Å². The van der Waals surface area contributed by atoms with Crippen molar-refractivity contribution in [2.75, 3.05) is 0 Å². The van der Waals surface area contributed by atoms with Crippen molar-refractivity contribution in [3.63, 3.8) is 0 Å². The molecule has 0 N–H and O–H groups in total. The lowest BCUT2D eigenvalue weighted by atomic mass is 10.1. The number of rotatable bonds is 2. The van der Waals surface area contributed by atoms with Crippen molar-refractivity contribution >= 4 is 60.6 Å². The molecule has 0 atom stereocenters. The summed E-state index contributed by atoms with van der Waals surface area (Å²) in [4.78, 5) is 12.2. The van der Waals surface area contributed by atoms with Gasteiger partial charge in [-0.2, -0.15) is 0 Å². The first kappa shape index (κ1) is 13.2. The fourth-order valence-electron chi connectivity index (χ4n) is 1.34. The first-order valence-electron chi connectivity index (χ1n) is 4.44. The average Bonchev–Trinajstić information content (AvgIpc) is 2.57. The Morgan fingerprint density at radius 2 is 2.06 bits per heavy atom. The second-order valence-electron chi connectivity index (χ2n) is 3.16. The Morgan fingerprint density at radius 1 is 1.35 bits per heavy atom. The van der Waals surface area contributed by atoms with Crippen LogP contribution < -0.4 is 0 Å². The third-order valence-corrected chi connectivity index (χ3v) is 4.75. The van der Waals surface area contributed by atoms with E-state index in [1.54, 1.807) is 6.07 Å². The van der Waals surface area contributed by atoms with Crippen LogP contribution in [0.15, 0.2) is 31.8 Å². The molecule has 0 saturated carbocycles. The normalized spacial score (nSPS) is 10.6. The maximum Gasteiger partial charge on any atom is 0.199 e.